The Labute approximate surface area is 186 Å². The third kappa shape index (κ3) is 3.70. The van der Waals surface area contributed by atoms with Crippen molar-refractivity contribution in [1.82, 2.24) is 15.1 Å². The van der Waals surface area contributed by atoms with Crippen molar-refractivity contribution < 1.29 is 14.3 Å². The van der Waals surface area contributed by atoms with Gasteiger partial charge in [-0.05, 0) is 37.8 Å². The summed E-state index contributed by atoms with van der Waals surface area (Å²) in [5.74, 6) is 1.18. The molecule has 0 aromatic carbocycles. The van der Waals surface area contributed by atoms with E-state index in [-0.39, 0.29) is 22.8 Å². The zero-order valence-electron chi connectivity index (χ0n) is 17.8. The fourth-order valence-corrected chi connectivity index (χ4v) is 7.43. The molecule has 1 aromatic heterocycles. The van der Waals surface area contributed by atoms with Crippen LogP contribution in [0.15, 0.2) is 6.07 Å². The fraction of sp³-hybridized carbons (Fsp3) is 0.727. The molecular formula is C22H31N3O3S2. The van der Waals surface area contributed by atoms with Gasteiger partial charge in [-0.25, -0.2) is 0 Å². The van der Waals surface area contributed by atoms with E-state index in [1.54, 1.807) is 4.88 Å². The number of hydrogen-bond donors (Lipinski definition) is 1. The van der Waals surface area contributed by atoms with Crippen LogP contribution in [0.3, 0.4) is 0 Å². The van der Waals surface area contributed by atoms with E-state index in [9.17, 15) is 9.59 Å². The average molecular weight is 450 g/mol. The second-order valence-corrected chi connectivity index (χ2v) is 11.4. The van der Waals surface area contributed by atoms with E-state index in [0.29, 0.717) is 17.7 Å². The summed E-state index contributed by atoms with van der Waals surface area (Å²) in [5.41, 5.74) is 1.38. The highest BCUT2D eigenvalue weighted by atomic mass is 32.2. The predicted molar refractivity (Wildman–Crippen MR) is 120 cm³/mol. The highest BCUT2D eigenvalue weighted by Crippen LogP contribution is 2.46. The van der Waals surface area contributed by atoms with Gasteiger partial charge in [0.2, 0.25) is 5.91 Å². The minimum atomic E-state index is -0.325. The lowest BCUT2D eigenvalue weighted by atomic mass is 9.79. The zero-order valence-corrected chi connectivity index (χ0v) is 19.4. The molecule has 2 amide bonds. The first-order chi connectivity index (χ1) is 14.5. The fourth-order valence-electron chi connectivity index (χ4n) is 5.48. The summed E-state index contributed by atoms with van der Waals surface area (Å²) >= 11 is 3.19. The molecule has 0 radical (unpaired) electrons. The molecule has 0 aliphatic carbocycles. The van der Waals surface area contributed by atoms with Gasteiger partial charge in [0.25, 0.3) is 5.24 Å². The number of ether oxygens (including phenoxy) is 1. The van der Waals surface area contributed by atoms with Crippen molar-refractivity contribution in [2.75, 3.05) is 38.5 Å². The van der Waals surface area contributed by atoms with Crippen molar-refractivity contribution in [2.45, 2.75) is 57.2 Å². The Morgan fingerprint density at radius 1 is 1.40 bits per heavy atom. The lowest BCUT2D eigenvalue weighted by Gasteiger charge is -2.50. The van der Waals surface area contributed by atoms with Crippen LogP contribution in [0.2, 0.25) is 0 Å². The van der Waals surface area contributed by atoms with Crippen LogP contribution in [0.4, 0.5) is 4.79 Å². The molecular weight excluding hydrogens is 418 g/mol. The van der Waals surface area contributed by atoms with Crippen LogP contribution in [0.25, 0.3) is 0 Å². The normalized spacial score (nSPS) is 32.2. The number of aryl methyl sites for hydroxylation is 1. The number of likely N-dealkylation sites (tertiary alicyclic amines) is 2. The first-order valence-electron chi connectivity index (χ1n) is 11.2. The summed E-state index contributed by atoms with van der Waals surface area (Å²) in [5, 5.41) is 2.68. The topological polar surface area (TPSA) is 61.9 Å². The monoisotopic (exact) mass is 449 g/mol. The maximum absolute atomic E-state index is 12.5. The minimum absolute atomic E-state index is 0.0775. The number of amides is 2. The lowest BCUT2D eigenvalue weighted by molar-refractivity contribution is -0.141. The van der Waals surface area contributed by atoms with E-state index in [0.717, 1.165) is 58.5 Å². The number of fused-ring (bicyclic) bond motifs is 2. The van der Waals surface area contributed by atoms with Gasteiger partial charge in [-0.1, -0.05) is 18.7 Å². The molecule has 30 heavy (non-hydrogen) atoms. The predicted octanol–water partition coefficient (Wildman–Crippen LogP) is 2.85. The molecule has 8 heteroatoms. The summed E-state index contributed by atoms with van der Waals surface area (Å²) in [6, 6.07) is 2.57. The summed E-state index contributed by atoms with van der Waals surface area (Å²) in [6.45, 7) is 9.14. The zero-order chi connectivity index (χ0) is 20.9. The van der Waals surface area contributed by atoms with E-state index in [1.807, 2.05) is 16.2 Å². The molecule has 1 spiro atoms. The number of piperidine rings is 1. The second kappa shape index (κ2) is 8.11. The Morgan fingerprint density at radius 3 is 2.93 bits per heavy atom. The summed E-state index contributed by atoms with van der Waals surface area (Å²) < 4.78 is 6.46. The average Bonchev–Trinajstić information content (AvgIpc) is 3.32. The van der Waals surface area contributed by atoms with Crippen LogP contribution >= 0.6 is 23.1 Å². The number of rotatable bonds is 4. The first-order valence-corrected chi connectivity index (χ1v) is 13.0. The van der Waals surface area contributed by atoms with Gasteiger partial charge in [0.05, 0.1) is 12.2 Å². The van der Waals surface area contributed by atoms with Gasteiger partial charge in [-0.2, -0.15) is 0 Å². The van der Waals surface area contributed by atoms with E-state index < -0.39 is 0 Å². The van der Waals surface area contributed by atoms with Gasteiger partial charge in [-0.3, -0.25) is 9.59 Å². The molecule has 0 saturated carbocycles. The Kier molecular flexibility index (Phi) is 5.62. The largest absolute Gasteiger partial charge is 0.370 e. The van der Waals surface area contributed by atoms with Crippen LogP contribution in [-0.2, 0) is 28.0 Å². The molecule has 3 atom stereocenters. The second-order valence-electron chi connectivity index (χ2n) is 9.20. The Bertz CT molecular complexity index is 838. The van der Waals surface area contributed by atoms with Gasteiger partial charge in [0.1, 0.15) is 6.04 Å². The molecule has 3 saturated heterocycles. The summed E-state index contributed by atoms with van der Waals surface area (Å²) in [7, 11) is 0. The molecule has 164 valence electrons. The van der Waals surface area contributed by atoms with E-state index in [2.05, 4.69) is 30.1 Å². The van der Waals surface area contributed by atoms with Crippen LogP contribution in [0, 0.1) is 5.92 Å². The van der Waals surface area contributed by atoms with Gasteiger partial charge in [0, 0.05) is 60.1 Å². The quantitative estimate of drug-likeness (QED) is 0.766. The lowest BCUT2D eigenvalue weighted by Crippen LogP contribution is -2.60. The Morgan fingerprint density at radius 2 is 2.23 bits per heavy atom. The molecule has 0 bridgehead atoms. The number of nitrogens with zero attached hydrogens (tertiary/aromatic N) is 2. The van der Waals surface area contributed by atoms with Crippen LogP contribution < -0.4 is 5.32 Å². The molecule has 5 heterocycles. The Hall–Kier alpha value is -1.09. The number of nitrogens with one attached hydrogen (secondary N) is 1. The highest BCUT2D eigenvalue weighted by Gasteiger charge is 2.45. The van der Waals surface area contributed by atoms with Crippen molar-refractivity contribution in [3.63, 3.8) is 0 Å². The number of carbonyl (C=O) groups excluding carboxylic acids is 2. The maximum Gasteiger partial charge on any atom is 0.279 e. The molecule has 5 rings (SSSR count). The molecule has 3 fully saturated rings. The van der Waals surface area contributed by atoms with Crippen molar-refractivity contribution in [2.24, 2.45) is 5.92 Å². The molecule has 4 aliphatic rings. The SMILES string of the molecule is CCc1cc2c(s1)CCO[C@@]21CCN(CC2CN(C(=O)[C@@H]3CSC(=O)N3)C2)[C@@H](C)C1. The summed E-state index contributed by atoms with van der Waals surface area (Å²) in [4.78, 5) is 31.4. The number of thioether (sulfide) groups is 1. The van der Waals surface area contributed by atoms with Crippen molar-refractivity contribution in [3.05, 3.63) is 21.4 Å². The highest BCUT2D eigenvalue weighted by molar-refractivity contribution is 8.14. The minimum Gasteiger partial charge on any atom is -0.370 e. The number of hydrogen-bond acceptors (Lipinski definition) is 6. The van der Waals surface area contributed by atoms with Crippen molar-refractivity contribution in [3.8, 4) is 0 Å². The van der Waals surface area contributed by atoms with Gasteiger partial charge >= 0.3 is 0 Å². The Balaban J connectivity index is 1.16. The van der Waals surface area contributed by atoms with E-state index >= 15 is 0 Å². The molecule has 1 N–H and O–H groups in total. The van der Waals surface area contributed by atoms with Crippen LogP contribution in [0.5, 0.6) is 0 Å². The molecule has 4 aliphatic heterocycles. The van der Waals surface area contributed by atoms with Gasteiger partial charge < -0.3 is 19.9 Å². The van der Waals surface area contributed by atoms with Crippen molar-refractivity contribution in [1.29, 1.82) is 0 Å². The molecule has 0 unspecified atom stereocenters. The summed E-state index contributed by atoms with van der Waals surface area (Å²) in [6.07, 6.45) is 4.28. The smallest absolute Gasteiger partial charge is 0.279 e. The standard InChI is InChI=1S/C22H31N3O3S2/c1-3-16-8-17-19(30-16)4-7-28-22(17)5-6-24(14(2)9-22)10-15-11-25(12-15)20(26)18-13-29-21(27)23-18/h8,14-15,18H,3-7,9-13H2,1-2H3,(H,23,27)/t14-,18-,22+/m0/s1. The van der Waals surface area contributed by atoms with Gasteiger partial charge in [-0.15, -0.1) is 11.3 Å². The first kappa shape index (κ1) is 20.8. The van der Waals surface area contributed by atoms with Crippen LogP contribution in [-0.4, -0.2) is 71.6 Å². The van der Waals surface area contributed by atoms with E-state index in [1.165, 1.54) is 22.2 Å². The van der Waals surface area contributed by atoms with E-state index in [4.69, 9.17) is 4.74 Å². The third-order valence-corrected chi connectivity index (χ3v) is 9.41. The van der Waals surface area contributed by atoms with Crippen LogP contribution in [0.1, 0.15) is 42.0 Å². The molecule has 6 nitrogen and oxygen atoms in total. The maximum atomic E-state index is 12.5. The number of thiophene rings is 1. The van der Waals surface area contributed by atoms with Gasteiger partial charge in [0.15, 0.2) is 0 Å². The van der Waals surface area contributed by atoms with Crippen molar-refractivity contribution >= 4 is 34.2 Å². The number of carbonyl (C=O) groups is 2. The molecule has 1 aromatic rings. The third-order valence-electron chi connectivity index (χ3n) is 7.19.